The van der Waals surface area contributed by atoms with Crippen LogP contribution >= 0.6 is 0 Å². The van der Waals surface area contributed by atoms with E-state index in [1.807, 2.05) is 0 Å². The van der Waals surface area contributed by atoms with Gasteiger partial charge in [0, 0.05) is 11.1 Å². The molecule has 1 aliphatic rings. The lowest BCUT2D eigenvalue weighted by atomic mass is 10.0. The van der Waals surface area contributed by atoms with Crippen LogP contribution in [0.3, 0.4) is 0 Å². The number of guanidine groups is 1. The average Bonchev–Trinajstić information content (AvgIpc) is 2.61. The van der Waals surface area contributed by atoms with E-state index in [9.17, 15) is 22.8 Å². The minimum Gasteiger partial charge on any atom is -0.435 e. The van der Waals surface area contributed by atoms with Gasteiger partial charge in [-0.3, -0.25) is 20.2 Å². The van der Waals surface area contributed by atoms with Crippen molar-refractivity contribution < 1.29 is 27.5 Å². The molecule has 2 aromatic rings. The van der Waals surface area contributed by atoms with E-state index in [-0.39, 0.29) is 29.3 Å². The molecular weight excluding hydrogens is 363 g/mol. The maximum Gasteiger partial charge on any atom is 0.387 e. The molecule has 1 aliphatic heterocycles. The van der Waals surface area contributed by atoms with Gasteiger partial charge >= 0.3 is 6.61 Å². The van der Waals surface area contributed by atoms with E-state index in [1.54, 1.807) is 6.07 Å². The highest BCUT2D eigenvalue weighted by Crippen LogP contribution is 2.25. The largest absolute Gasteiger partial charge is 0.435 e. The molecule has 0 aromatic heterocycles. The average molecular weight is 377 g/mol. The zero-order valence-corrected chi connectivity index (χ0v) is 13.8. The molecule has 0 bridgehead atoms. The molecule has 0 fully saturated rings. The molecule has 0 unspecified atom stereocenters. The number of carbonyl (C=O) groups excluding carboxylic acids is 2. The van der Waals surface area contributed by atoms with Gasteiger partial charge in [-0.25, -0.2) is 9.38 Å². The third-order valence-corrected chi connectivity index (χ3v) is 3.76. The van der Waals surface area contributed by atoms with Gasteiger partial charge < -0.3 is 4.74 Å². The molecule has 0 aliphatic carbocycles. The number of nitrogens with one attached hydrogen (secondary N) is 2. The normalized spacial score (nSPS) is 16.5. The van der Waals surface area contributed by atoms with Gasteiger partial charge in [-0.1, -0.05) is 18.2 Å². The van der Waals surface area contributed by atoms with Gasteiger partial charge in [0.05, 0.1) is 12.5 Å². The van der Waals surface area contributed by atoms with Crippen LogP contribution in [0.15, 0.2) is 53.5 Å². The fraction of sp³-hybridized carbons (Fsp3) is 0.167. The molecule has 2 amide bonds. The van der Waals surface area contributed by atoms with Gasteiger partial charge in [0.15, 0.2) is 0 Å². The Bertz CT molecular complexity index is 885. The predicted molar refractivity (Wildman–Crippen MR) is 89.9 cm³/mol. The standard InChI is InChI=1S/C18H14F3N3O3/c19-13-4-2-1-3-12(13)14-9-15(25)23-18(22-14)24-16(26)10-5-7-11(8-6-10)27-17(20)21/h1-8,14,17H,9H2,(H2,22,23,24,25,26)/t14-/m1/s1. The molecule has 3 rings (SSSR count). The highest BCUT2D eigenvalue weighted by molar-refractivity contribution is 6.10. The molecule has 0 saturated heterocycles. The molecular formula is C18H14F3N3O3. The molecule has 9 heteroatoms. The zero-order chi connectivity index (χ0) is 19.4. The maximum atomic E-state index is 13.9. The Morgan fingerprint density at radius 3 is 2.56 bits per heavy atom. The fourth-order valence-electron chi connectivity index (χ4n) is 2.55. The number of amides is 2. The van der Waals surface area contributed by atoms with Crippen molar-refractivity contribution in [2.24, 2.45) is 4.99 Å². The third kappa shape index (κ3) is 4.63. The number of rotatable bonds is 4. The summed E-state index contributed by atoms with van der Waals surface area (Å²) in [4.78, 5) is 28.3. The van der Waals surface area contributed by atoms with Gasteiger partial charge in [-0.2, -0.15) is 8.78 Å². The Balaban J connectivity index is 1.74. The minimum absolute atomic E-state index is 0.0556. The van der Waals surface area contributed by atoms with Crippen molar-refractivity contribution in [3.8, 4) is 5.75 Å². The van der Waals surface area contributed by atoms with Crippen molar-refractivity contribution in [2.45, 2.75) is 19.1 Å². The van der Waals surface area contributed by atoms with E-state index >= 15 is 0 Å². The van der Waals surface area contributed by atoms with E-state index in [2.05, 4.69) is 20.4 Å². The first-order valence-electron chi connectivity index (χ1n) is 7.90. The summed E-state index contributed by atoms with van der Waals surface area (Å²) in [5.41, 5.74) is 0.384. The number of aliphatic imine (C=N–C) groups is 1. The van der Waals surface area contributed by atoms with Crippen molar-refractivity contribution in [2.75, 3.05) is 0 Å². The molecule has 2 N–H and O–H groups in total. The third-order valence-electron chi connectivity index (χ3n) is 3.76. The highest BCUT2D eigenvalue weighted by atomic mass is 19.3. The summed E-state index contributed by atoms with van der Waals surface area (Å²) in [6.45, 7) is -2.97. The van der Waals surface area contributed by atoms with Gasteiger partial charge in [0.25, 0.3) is 5.91 Å². The van der Waals surface area contributed by atoms with Crippen LogP contribution in [-0.2, 0) is 4.79 Å². The van der Waals surface area contributed by atoms with Crippen LogP contribution in [0.1, 0.15) is 28.4 Å². The van der Waals surface area contributed by atoms with Crippen molar-refractivity contribution in [3.63, 3.8) is 0 Å². The van der Waals surface area contributed by atoms with E-state index < -0.39 is 30.3 Å². The van der Waals surface area contributed by atoms with Crippen molar-refractivity contribution in [1.29, 1.82) is 0 Å². The van der Waals surface area contributed by atoms with Crippen LogP contribution in [0.4, 0.5) is 13.2 Å². The second kappa shape index (κ2) is 7.90. The maximum absolute atomic E-state index is 13.9. The number of hydrogen-bond acceptors (Lipinski definition) is 4. The number of hydrogen-bond donors (Lipinski definition) is 2. The van der Waals surface area contributed by atoms with Gasteiger partial charge in [-0.15, -0.1) is 0 Å². The summed E-state index contributed by atoms with van der Waals surface area (Å²) in [5.74, 6) is -1.75. The van der Waals surface area contributed by atoms with Crippen LogP contribution in [0.25, 0.3) is 0 Å². The lowest BCUT2D eigenvalue weighted by Crippen LogP contribution is -2.47. The molecule has 0 saturated carbocycles. The number of nitrogens with zero attached hydrogens (tertiary/aromatic N) is 1. The van der Waals surface area contributed by atoms with Crippen molar-refractivity contribution >= 4 is 17.8 Å². The Hall–Kier alpha value is -3.36. The van der Waals surface area contributed by atoms with Crippen LogP contribution in [0.5, 0.6) is 5.75 Å². The molecule has 0 radical (unpaired) electrons. The molecule has 0 spiro atoms. The Labute approximate surface area is 152 Å². The van der Waals surface area contributed by atoms with Gasteiger partial charge in [-0.05, 0) is 30.3 Å². The van der Waals surface area contributed by atoms with E-state index in [4.69, 9.17) is 0 Å². The smallest absolute Gasteiger partial charge is 0.387 e. The quantitative estimate of drug-likeness (QED) is 0.860. The Morgan fingerprint density at radius 1 is 1.19 bits per heavy atom. The van der Waals surface area contributed by atoms with E-state index in [0.29, 0.717) is 0 Å². The molecule has 27 heavy (non-hydrogen) atoms. The SMILES string of the molecule is O=C1C[C@H](c2ccccc2F)N=C(NC(=O)c2ccc(OC(F)F)cc2)N1. The second-order valence-corrected chi connectivity index (χ2v) is 5.62. The minimum atomic E-state index is -2.97. The molecule has 1 heterocycles. The van der Waals surface area contributed by atoms with E-state index in [0.717, 1.165) is 0 Å². The van der Waals surface area contributed by atoms with E-state index in [1.165, 1.54) is 42.5 Å². The first-order valence-corrected chi connectivity index (χ1v) is 7.90. The lowest BCUT2D eigenvalue weighted by Gasteiger charge is -2.21. The van der Waals surface area contributed by atoms with Crippen LogP contribution in [-0.4, -0.2) is 24.4 Å². The summed E-state index contributed by atoms with van der Waals surface area (Å²) >= 11 is 0. The Kier molecular flexibility index (Phi) is 5.39. The summed E-state index contributed by atoms with van der Waals surface area (Å²) in [7, 11) is 0. The highest BCUT2D eigenvalue weighted by Gasteiger charge is 2.25. The first kappa shape index (κ1) is 18.4. The number of halogens is 3. The molecule has 1 atom stereocenters. The summed E-state index contributed by atoms with van der Waals surface area (Å²) in [6.07, 6.45) is -0.0556. The zero-order valence-electron chi connectivity index (χ0n) is 13.8. The topological polar surface area (TPSA) is 79.8 Å². The van der Waals surface area contributed by atoms with Gasteiger partial charge in [0.1, 0.15) is 11.6 Å². The molecule has 2 aromatic carbocycles. The lowest BCUT2D eigenvalue weighted by molar-refractivity contribution is -0.120. The first-order chi connectivity index (χ1) is 12.9. The van der Waals surface area contributed by atoms with Crippen LogP contribution in [0.2, 0.25) is 0 Å². The number of alkyl halides is 2. The number of benzene rings is 2. The number of carbonyl (C=O) groups is 2. The van der Waals surface area contributed by atoms with Crippen LogP contribution < -0.4 is 15.4 Å². The van der Waals surface area contributed by atoms with Crippen molar-refractivity contribution in [3.05, 3.63) is 65.5 Å². The van der Waals surface area contributed by atoms with Gasteiger partial charge in [0.2, 0.25) is 11.9 Å². The van der Waals surface area contributed by atoms with Crippen molar-refractivity contribution in [1.82, 2.24) is 10.6 Å². The summed E-state index contributed by atoms with van der Waals surface area (Å²) in [6, 6.07) is 10.2. The summed E-state index contributed by atoms with van der Waals surface area (Å²) in [5, 5.41) is 4.82. The molecule has 140 valence electrons. The Morgan fingerprint density at radius 2 is 1.89 bits per heavy atom. The molecule has 6 nitrogen and oxygen atoms in total. The summed E-state index contributed by atoms with van der Waals surface area (Å²) < 4.78 is 42.4. The van der Waals surface area contributed by atoms with Crippen LogP contribution in [0, 0.1) is 5.82 Å². The fourth-order valence-corrected chi connectivity index (χ4v) is 2.55. The predicted octanol–water partition coefficient (Wildman–Crippen LogP) is 2.77. The monoisotopic (exact) mass is 377 g/mol. The number of ether oxygens (including phenoxy) is 1. The second-order valence-electron chi connectivity index (χ2n) is 5.62.